The third kappa shape index (κ3) is 6.10. The number of aliphatic hydroxyl groups excluding tert-OH is 1. The van der Waals surface area contributed by atoms with Gasteiger partial charge in [0, 0.05) is 10.8 Å². The second-order valence-electron chi connectivity index (χ2n) is 9.00. The number of unbranched alkanes of at least 4 members (excludes halogenated alkanes) is 2. The first kappa shape index (κ1) is 28.4. The van der Waals surface area contributed by atoms with E-state index in [2.05, 4.69) is 17.1 Å². The van der Waals surface area contributed by atoms with Crippen LogP contribution < -0.4 is 9.64 Å². The predicted octanol–water partition coefficient (Wildman–Crippen LogP) is 7.90. The number of rotatable bonds is 12. The molecule has 5 rings (SSSR count). The number of benzene rings is 2. The zero-order valence-electron chi connectivity index (χ0n) is 21.6. The third-order valence-electron chi connectivity index (χ3n) is 6.32. The predicted molar refractivity (Wildman–Crippen MR) is 161 cm³/mol. The highest BCUT2D eigenvalue weighted by molar-refractivity contribution is 8.00. The van der Waals surface area contributed by atoms with Gasteiger partial charge in [-0.2, -0.15) is 0 Å². The van der Waals surface area contributed by atoms with E-state index in [0.717, 1.165) is 24.8 Å². The van der Waals surface area contributed by atoms with Crippen LogP contribution >= 0.6 is 46.0 Å². The normalized spacial score (nSPS) is 15.2. The fraction of sp³-hybridized carbons (Fsp3) is 0.241. The maximum absolute atomic E-state index is 13.5. The summed E-state index contributed by atoms with van der Waals surface area (Å²) < 4.78 is 6.48. The molecule has 1 aliphatic heterocycles. The average Bonchev–Trinajstić information content (AvgIpc) is 3.72. The molecule has 0 bridgehead atoms. The SMILES string of the molecule is CCCCCOc1ccc(C2C(C(=O)c3cccs3)=C(O)C(=O)N2c2nnc(SCc3ccccc3Cl)s2)cc1. The van der Waals surface area contributed by atoms with Crippen LogP contribution in [0.3, 0.4) is 0 Å². The van der Waals surface area contributed by atoms with Crippen molar-refractivity contribution in [3.63, 3.8) is 0 Å². The van der Waals surface area contributed by atoms with E-state index in [0.29, 0.717) is 37.9 Å². The van der Waals surface area contributed by atoms with Gasteiger partial charge >= 0.3 is 0 Å². The molecule has 1 amide bonds. The molecule has 2 aromatic carbocycles. The summed E-state index contributed by atoms with van der Waals surface area (Å²) in [6.07, 6.45) is 3.17. The zero-order valence-corrected chi connectivity index (χ0v) is 24.8. The molecule has 1 unspecified atom stereocenters. The van der Waals surface area contributed by atoms with E-state index < -0.39 is 23.5 Å². The molecule has 0 aliphatic carbocycles. The second kappa shape index (κ2) is 13.0. The van der Waals surface area contributed by atoms with Gasteiger partial charge in [-0.05, 0) is 47.2 Å². The van der Waals surface area contributed by atoms with Crippen molar-refractivity contribution < 1.29 is 19.4 Å². The van der Waals surface area contributed by atoms with Gasteiger partial charge in [-0.1, -0.05) is 90.9 Å². The van der Waals surface area contributed by atoms with E-state index in [1.807, 2.05) is 48.5 Å². The van der Waals surface area contributed by atoms with E-state index in [1.165, 1.54) is 39.3 Å². The topological polar surface area (TPSA) is 92.6 Å². The van der Waals surface area contributed by atoms with Gasteiger partial charge in [-0.15, -0.1) is 21.5 Å². The molecule has 0 fully saturated rings. The van der Waals surface area contributed by atoms with Gasteiger partial charge in [-0.3, -0.25) is 14.5 Å². The highest BCUT2D eigenvalue weighted by atomic mass is 35.5. The number of aromatic nitrogens is 2. The molecule has 1 aliphatic rings. The monoisotopic (exact) mass is 611 g/mol. The fourth-order valence-electron chi connectivity index (χ4n) is 4.29. The number of ether oxygens (including phenoxy) is 1. The van der Waals surface area contributed by atoms with Crippen LogP contribution in [0.4, 0.5) is 5.13 Å². The van der Waals surface area contributed by atoms with Gasteiger partial charge in [0.2, 0.25) is 10.9 Å². The highest BCUT2D eigenvalue weighted by Gasteiger charge is 2.46. The molecule has 4 aromatic rings. The summed E-state index contributed by atoms with van der Waals surface area (Å²) >= 11 is 10.2. The summed E-state index contributed by atoms with van der Waals surface area (Å²) in [5, 5.41) is 22.3. The molecule has 0 saturated carbocycles. The first-order valence-electron chi connectivity index (χ1n) is 12.7. The molecule has 7 nitrogen and oxygen atoms in total. The minimum Gasteiger partial charge on any atom is -0.503 e. The van der Waals surface area contributed by atoms with Gasteiger partial charge in [0.05, 0.1) is 23.1 Å². The van der Waals surface area contributed by atoms with Gasteiger partial charge in [0.25, 0.3) is 5.91 Å². The summed E-state index contributed by atoms with van der Waals surface area (Å²) in [5.74, 6) is -0.389. The van der Waals surface area contributed by atoms with Crippen molar-refractivity contribution in [2.45, 2.75) is 42.3 Å². The largest absolute Gasteiger partial charge is 0.503 e. The van der Waals surface area contributed by atoms with E-state index in [9.17, 15) is 14.7 Å². The maximum atomic E-state index is 13.5. The first-order chi connectivity index (χ1) is 19.5. The molecule has 3 heterocycles. The Morgan fingerprint density at radius 3 is 2.62 bits per heavy atom. The quantitative estimate of drug-likeness (QED) is 0.0753. The first-order valence-corrected chi connectivity index (χ1v) is 15.8. The van der Waals surface area contributed by atoms with Gasteiger partial charge in [0.1, 0.15) is 5.75 Å². The Labute approximate surface area is 249 Å². The van der Waals surface area contributed by atoms with Crippen LogP contribution in [0.1, 0.15) is 53.0 Å². The molecule has 0 radical (unpaired) electrons. The second-order valence-corrected chi connectivity index (χ2v) is 12.5. The Kier molecular flexibility index (Phi) is 9.21. The Balaban J connectivity index is 1.44. The lowest BCUT2D eigenvalue weighted by molar-refractivity contribution is -0.117. The molecular weight excluding hydrogens is 586 g/mol. The van der Waals surface area contributed by atoms with Crippen LogP contribution in [-0.4, -0.2) is 33.6 Å². The van der Waals surface area contributed by atoms with E-state index in [-0.39, 0.29) is 10.7 Å². The van der Waals surface area contributed by atoms with Crippen LogP contribution in [0, 0.1) is 0 Å². The molecule has 1 atom stereocenters. The Hall–Kier alpha value is -3.18. The molecule has 40 heavy (non-hydrogen) atoms. The minimum atomic E-state index is -0.870. The number of thiophene rings is 1. The lowest BCUT2D eigenvalue weighted by atomic mass is 9.95. The summed E-state index contributed by atoms with van der Waals surface area (Å²) in [4.78, 5) is 28.8. The van der Waals surface area contributed by atoms with Crippen molar-refractivity contribution in [2.75, 3.05) is 11.5 Å². The van der Waals surface area contributed by atoms with Crippen LogP contribution in [0.5, 0.6) is 5.75 Å². The van der Waals surface area contributed by atoms with Crippen molar-refractivity contribution >= 4 is 62.9 Å². The number of halogens is 1. The Bertz CT molecular complexity index is 1520. The number of thioether (sulfide) groups is 1. The number of amides is 1. The number of hydrogen-bond donors (Lipinski definition) is 1. The fourth-order valence-corrected chi connectivity index (χ4v) is 7.12. The van der Waals surface area contributed by atoms with Crippen LogP contribution in [0.15, 0.2) is 81.7 Å². The van der Waals surface area contributed by atoms with Crippen LogP contribution in [-0.2, 0) is 10.5 Å². The van der Waals surface area contributed by atoms with E-state index in [1.54, 1.807) is 17.5 Å². The van der Waals surface area contributed by atoms with Crippen molar-refractivity contribution in [2.24, 2.45) is 0 Å². The Morgan fingerprint density at radius 2 is 1.90 bits per heavy atom. The number of ketones is 1. The smallest absolute Gasteiger partial charge is 0.296 e. The minimum absolute atomic E-state index is 0.0181. The van der Waals surface area contributed by atoms with Gasteiger partial charge in [-0.25, -0.2) is 0 Å². The summed E-state index contributed by atoms with van der Waals surface area (Å²) in [6, 6.07) is 17.4. The molecule has 0 saturated heterocycles. The molecule has 206 valence electrons. The van der Waals surface area contributed by atoms with Gasteiger partial charge in [0.15, 0.2) is 10.1 Å². The Morgan fingerprint density at radius 1 is 1.10 bits per heavy atom. The standard InChI is InChI=1S/C29H26ClN3O4S3/c1-2-3-6-15-37-20-13-11-18(12-14-20)24-23(25(34)22-10-7-16-38-22)26(35)27(36)33(24)28-31-32-29(40-28)39-17-19-8-4-5-9-21(19)30/h4-5,7-14,16,24,35H,2-3,6,15,17H2,1H3. The molecular formula is C29H26ClN3O4S3. The van der Waals surface area contributed by atoms with Gasteiger partial charge < -0.3 is 9.84 Å². The number of Topliss-reactive ketones (excluding diaryl/α,β-unsaturated/α-hetero) is 1. The summed E-state index contributed by atoms with van der Waals surface area (Å²) in [5.41, 5.74) is 1.63. The highest BCUT2D eigenvalue weighted by Crippen LogP contribution is 2.44. The van der Waals surface area contributed by atoms with Crippen LogP contribution in [0.25, 0.3) is 0 Å². The summed E-state index contributed by atoms with van der Waals surface area (Å²) in [6.45, 7) is 2.75. The van der Waals surface area contributed by atoms with Crippen molar-refractivity contribution in [1.29, 1.82) is 0 Å². The van der Waals surface area contributed by atoms with Crippen LogP contribution in [0.2, 0.25) is 5.02 Å². The number of hydrogen-bond acceptors (Lipinski definition) is 9. The number of nitrogens with zero attached hydrogens (tertiary/aromatic N) is 3. The number of carbonyl (C=O) groups is 2. The summed E-state index contributed by atoms with van der Waals surface area (Å²) in [7, 11) is 0. The lowest BCUT2D eigenvalue weighted by Gasteiger charge is -2.24. The average molecular weight is 612 g/mol. The lowest BCUT2D eigenvalue weighted by Crippen LogP contribution is -2.31. The number of anilines is 1. The number of carbonyl (C=O) groups excluding carboxylic acids is 2. The molecule has 2 aromatic heterocycles. The zero-order chi connectivity index (χ0) is 28.1. The third-order valence-corrected chi connectivity index (χ3v) is 9.66. The number of aliphatic hydroxyl groups is 1. The van der Waals surface area contributed by atoms with Crippen molar-refractivity contribution in [3.8, 4) is 5.75 Å². The van der Waals surface area contributed by atoms with Crippen molar-refractivity contribution in [1.82, 2.24) is 10.2 Å². The van der Waals surface area contributed by atoms with Crippen molar-refractivity contribution in [3.05, 3.63) is 98.4 Å². The van der Waals surface area contributed by atoms with E-state index in [4.69, 9.17) is 16.3 Å². The molecule has 0 spiro atoms. The van der Waals surface area contributed by atoms with E-state index >= 15 is 0 Å². The molecule has 1 N–H and O–H groups in total. The molecule has 11 heteroatoms. The maximum Gasteiger partial charge on any atom is 0.296 e.